The van der Waals surface area contributed by atoms with Gasteiger partial charge in [-0.25, -0.2) is 9.97 Å². The maximum Gasteiger partial charge on any atom is 0.432 e. The van der Waals surface area contributed by atoms with E-state index in [1.54, 1.807) is 6.07 Å². The lowest BCUT2D eigenvalue weighted by Gasteiger charge is -2.34. The molecule has 0 aliphatic carbocycles. The van der Waals surface area contributed by atoms with Crippen LogP contribution in [0.25, 0.3) is 21.5 Å². The van der Waals surface area contributed by atoms with E-state index in [0.717, 1.165) is 27.4 Å². The van der Waals surface area contributed by atoms with Crippen molar-refractivity contribution in [3.05, 3.63) is 58.9 Å². The van der Waals surface area contributed by atoms with E-state index in [-0.39, 0.29) is 25.6 Å². The topological polar surface area (TPSA) is 104 Å². The van der Waals surface area contributed by atoms with Gasteiger partial charge in [-0.05, 0) is 35.9 Å². The Bertz CT molecular complexity index is 1350. The van der Waals surface area contributed by atoms with Gasteiger partial charge < -0.3 is 10.6 Å². The van der Waals surface area contributed by atoms with Crippen molar-refractivity contribution in [3.8, 4) is 10.6 Å². The molecule has 8 nitrogen and oxygen atoms in total. The summed E-state index contributed by atoms with van der Waals surface area (Å²) >= 11 is 1.37. The number of nitrogen functional groups attached to an aromatic ring is 1. The predicted molar refractivity (Wildman–Crippen MR) is 128 cm³/mol. The average Bonchev–Trinajstić information content (AvgIpc) is 3.45. The largest absolute Gasteiger partial charge is 0.432 e. The average molecular weight is 504 g/mol. The van der Waals surface area contributed by atoms with E-state index < -0.39 is 11.9 Å². The van der Waals surface area contributed by atoms with Crippen LogP contribution in [0, 0.1) is 0 Å². The second-order valence-electron chi connectivity index (χ2n) is 8.07. The van der Waals surface area contributed by atoms with Crippen molar-refractivity contribution >= 4 is 34.0 Å². The molecule has 0 unspecified atom stereocenters. The Morgan fingerprint density at radius 3 is 2.66 bits per heavy atom. The van der Waals surface area contributed by atoms with Crippen molar-refractivity contribution < 1.29 is 18.0 Å². The molecule has 4 heterocycles. The van der Waals surface area contributed by atoms with Gasteiger partial charge in [-0.2, -0.15) is 18.3 Å². The molecule has 35 heavy (non-hydrogen) atoms. The van der Waals surface area contributed by atoms with Crippen molar-refractivity contribution in [1.82, 2.24) is 30.0 Å². The molecule has 0 saturated carbocycles. The van der Waals surface area contributed by atoms with Gasteiger partial charge in [0.1, 0.15) is 23.5 Å². The molecule has 1 aliphatic heterocycles. The van der Waals surface area contributed by atoms with Crippen molar-refractivity contribution in [2.24, 2.45) is 0 Å². The molecule has 0 atom stereocenters. The minimum Gasteiger partial charge on any atom is -0.383 e. The van der Waals surface area contributed by atoms with Crippen molar-refractivity contribution in [2.75, 3.05) is 25.4 Å². The fourth-order valence-electron chi connectivity index (χ4n) is 3.92. The van der Waals surface area contributed by atoms with E-state index >= 15 is 0 Å². The number of aromatic nitrogens is 4. The molecule has 3 aromatic heterocycles. The molecule has 0 radical (unpaired) electrons. The van der Waals surface area contributed by atoms with Crippen LogP contribution in [0.3, 0.4) is 0 Å². The number of nitrogens with zero attached hydrogens (tertiary/aromatic N) is 5. The lowest BCUT2D eigenvalue weighted by molar-refractivity contribution is -0.141. The number of nitrogens with two attached hydrogens (primary N) is 1. The normalized spacial score (nSPS) is 14.9. The monoisotopic (exact) mass is 503 g/mol. The number of rotatable bonds is 5. The summed E-state index contributed by atoms with van der Waals surface area (Å²) in [7, 11) is 0. The van der Waals surface area contributed by atoms with Gasteiger partial charge in [0.25, 0.3) is 0 Å². The van der Waals surface area contributed by atoms with Crippen LogP contribution in [0.2, 0.25) is 0 Å². The second kappa shape index (κ2) is 9.62. The van der Waals surface area contributed by atoms with Crippen molar-refractivity contribution in [3.63, 3.8) is 0 Å². The van der Waals surface area contributed by atoms with E-state index in [2.05, 4.69) is 15.1 Å². The molecule has 0 bridgehead atoms. The molecule has 1 saturated heterocycles. The highest BCUT2D eigenvalue weighted by Crippen LogP contribution is 2.33. The number of thiophene rings is 1. The molecule has 3 N–H and O–H groups in total. The molecule has 1 aliphatic rings. The second-order valence-corrected chi connectivity index (χ2v) is 9.24. The third-order valence-corrected chi connectivity index (χ3v) is 6.77. The van der Waals surface area contributed by atoms with Gasteiger partial charge in [0.2, 0.25) is 5.91 Å². The van der Waals surface area contributed by atoms with Gasteiger partial charge in [-0.15, -0.1) is 11.3 Å². The van der Waals surface area contributed by atoms with Crippen LogP contribution >= 0.6 is 11.3 Å². The summed E-state index contributed by atoms with van der Waals surface area (Å²) in [6.45, 7) is 2.58. The van der Waals surface area contributed by atoms with E-state index in [4.69, 9.17) is 5.73 Å². The Morgan fingerprint density at radius 2 is 1.91 bits per heavy atom. The molecule has 184 valence electrons. The molecule has 1 fully saturated rings. The van der Waals surface area contributed by atoms with Crippen LogP contribution in [-0.2, 0) is 24.1 Å². The first kappa shape index (κ1) is 24.6. The third-order valence-electron chi connectivity index (χ3n) is 5.68. The van der Waals surface area contributed by atoms with Crippen molar-refractivity contribution in [1.29, 1.82) is 0 Å². The Hall–Kier alpha value is -3.51. The number of carbonyl (C=O) groups is 1. The minimum atomic E-state index is -4.46. The highest BCUT2D eigenvalue weighted by Gasteiger charge is 2.33. The third kappa shape index (κ3) is 5.28. The van der Waals surface area contributed by atoms with Crippen LogP contribution in [0.4, 0.5) is 19.0 Å². The molecule has 1 amide bonds. The zero-order chi connectivity index (χ0) is 23.9. The number of anilines is 1. The zero-order valence-corrected chi connectivity index (χ0v) is 18.7. The van der Waals surface area contributed by atoms with Crippen LogP contribution < -0.4 is 5.73 Å². The van der Waals surface area contributed by atoms with Gasteiger partial charge in [-0.1, -0.05) is 13.5 Å². The first-order valence-electron chi connectivity index (χ1n) is 10.5. The maximum absolute atomic E-state index is 12.8. The van der Waals surface area contributed by atoms with Crippen LogP contribution in [0.15, 0.2) is 42.7 Å². The Morgan fingerprint density at radius 1 is 1.09 bits per heavy atom. The highest BCUT2D eigenvalue weighted by molar-refractivity contribution is 7.15. The number of halogens is 3. The van der Waals surface area contributed by atoms with Gasteiger partial charge in [-0.3, -0.25) is 14.8 Å². The molecular formula is C23H24F3N7OS. The van der Waals surface area contributed by atoms with Crippen LogP contribution in [0.1, 0.15) is 23.6 Å². The lowest BCUT2D eigenvalue weighted by Crippen LogP contribution is -2.49. The Labute approximate surface area is 203 Å². The van der Waals surface area contributed by atoms with Gasteiger partial charge in [0.15, 0.2) is 0 Å². The highest BCUT2D eigenvalue weighted by atomic mass is 32.1. The number of aromatic amines is 1. The Kier molecular flexibility index (Phi) is 6.77. The molecule has 5 rings (SSSR count). The maximum atomic E-state index is 12.8. The number of nitrogens with one attached hydrogen (secondary N) is 1. The molecule has 12 heteroatoms. The fraction of sp³-hybridized carbons (Fsp3) is 0.304. The standard InChI is InChI=1S/C22H20F3N7OS.CH4/c23-22(24,25)19-8-17(29-30-19)18-4-2-14(34-18)10-31-5-6-32(20(33)11-31)9-13-1-3-15-16(7-13)27-12-28-21(15)26;/h1-4,7-8,12H,5-6,9-11H2,(H,29,30)(H2,26,27,28);1H4. The summed E-state index contributed by atoms with van der Waals surface area (Å²) in [6, 6.07) is 10.3. The number of hydrogen-bond donors (Lipinski definition) is 2. The van der Waals surface area contributed by atoms with Gasteiger partial charge in [0, 0.05) is 36.4 Å². The SMILES string of the molecule is C.Nc1ncnc2cc(CN3CCN(Cc4ccc(-c5cc(C(F)(F)F)[nH]n5)s4)CC3=O)ccc12. The number of fused-ring (bicyclic) bond motifs is 1. The number of H-pyrrole nitrogens is 1. The lowest BCUT2D eigenvalue weighted by atomic mass is 10.1. The number of amides is 1. The number of piperazine rings is 1. The number of carbonyl (C=O) groups excluding carboxylic acids is 1. The summed E-state index contributed by atoms with van der Waals surface area (Å²) in [5.41, 5.74) is 6.96. The fourth-order valence-corrected chi connectivity index (χ4v) is 4.93. The number of alkyl halides is 3. The summed E-state index contributed by atoms with van der Waals surface area (Å²) in [5.74, 6) is 0.443. The molecular weight excluding hydrogens is 479 g/mol. The minimum absolute atomic E-state index is 0. The van der Waals surface area contributed by atoms with E-state index in [0.29, 0.717) is 36.9 Å². The van der Waals surface area contributed by atoms with Gasteiger partial charge >= 0.3 is 6.18 Å². The van der Waals surface area contributed by atoms with Gasteiger partial charge in [0.05, 0.1) is 16.9 Å². The summed E-state index contributed by atoms with van der Waals surface area (Å²) in [5, 5.41) is 6.59. The summed E-state index contributed by atoms with van der Waals surface area (Å²) < 4.78 is 38.4. The van der Waals surface area contributed by atoms with E-state index in [1.165, 1.54) is 17.7 Å². The number of hydrogen-bond acceptors (Lipinski definition) is 7. The zero-order valence-electron chi connectivity index (χ0n) is 17.8. The Balaban J connectivity index is 0.00000289. The first-order valence-corrected chi connectivity index (χ1v) is 11.3. The number of benzene rings is 1. The van der Waals surface area contributed by atoms with Crippen molar-refractivity contribution in [2.45, 2.75) is 26.7 Å². The van der Waals surface area contributed by atoms with E-state index in [9.17, 15) is 18.0 Å². The summed E-state index contributed by atoms with van der Waals surface area (Å²) in [4.78, 5) is 26.4. The first-order chi connectivity index (χ1) is 16.3. The summed E-state index contributed by atoms with van der Waals surface area (Å²) in [6.07, 6.45) is -3.04. The smallest absolute Gasteiger partial charge is 0.383 e. The van der Waals surface area contributed by atoms with Crippen LogP contribution in [-0.4, -0.2) is 55.5 Å². The molecule has 4 aromatic rings. The van der Waals surface area contributed by atoms with Crippen LogP contribution in [0.5, 0.6) is 0 Å². The quantitative estimate of drug-likeness (QED) is 0.424. The molecule has 0 spiro atoms. The van der Waals surface area contributed by atoms with E-state index in [1.807, 2.05) is 39.2 Å². The predicted octanol–water partition coefficient (Wildman–Crippen LogP) is 4.16. The molecule has 1 aromatic carbocycles.